The number of hydrogen-bond acceptors (Lipinski definition) is 15. The largest absolute Gasteiger partial charge is 0.472 e. The Kier molecular flexibility index (Phi) is 72.0. The van der Waals surface area contributed by atoms with Gasteiger partial charge in [0.05, 0.1) is 26.4 Å². The lowest BCUT2D eigenvalue weighted by Gasteiger charge is -2.21. The fourth-order valence-electron chi connectivity index (χ4n) is 10.0. The standard InChI is InChI=1S/C85H140O17P2/c1-5-9-13-17-21-25-29-32-35-37-39-41-44-47-51-54-58-62-66-70-83(88)96-76-81(102-85(90)72-68-64-60-56-52-48-45-42-40-38-36-33-30-26-22-18-14-10-6-2)78-100-104(93,94)98-74-79(86)73-97-103(91,92)99-77-80(101-84(89)71-67-63-59-55-49-28-24-20-16-12-8-4)75-95-82(87)69-65-61-57-53-50-46-43-34-31-27-23-19-15-11-7-3/h9-10,13-14,20-22,24-26,32-33,35-36,39-42,47-48,51-52,58,60,62,64,79-81,86H,5-8,11-12,15-19,23,27-31,34,37-38,43-46,49-50,53-57,59,61,63,65-78H2,1-4H3,(H,91,92)(H,93,94)/b13-9-,14-10-,24-20-,25-21-,26-22-,35-32-,36-33-,41-39-,42-40-,51-47-,52-48-,62-58-,64-60-. The summed E-state index contributed by atoms with van der Waals surface area (Å²) in [5.74, 6) is -2.39. The molecule has 0 aliphatic carbocycles. The third kappa shape index (κ3) is 74.9. The van der Waals surface area contributed by atoms with Crippen molar-refractivity contribution in [3.8, 4) is 0 Å². The highest BCUT2D eigenvalue weighted by molar-refractivity contribution is 7.47. The molecule has 19 heteroatoms. The van der Waals surface area contributed by atoms with Crippen LogP contribution in [0.25, 0.3) is 0 Å². The second-order valence-corrected chi connectivity index (χ2v) is 28.8. The molecule has 0 amide bonds. The molecule has 592 valence electrons. The van der Waals surface area contributed by atoms with Gasteiger partial charge in [0.15, 0.2) is 12.2 Å². The summed E-state index contributed by atoms with van der Waals surface area (Å²) in [5.41, 5.74) is 0. The van der Waals surface area contributed by atoms with Crippen molar-refractivity contribution in [2.75, 3.05) is 39.6 Å². The van der Waals surface area contributed by atoms with Gasteiger partial charge in [-0.3, -0.25) is 37.3 Å². The highest BCUT2D eigenvalue weighted by Gasteiger charge is 2.30. The van der Waals surface area contributed by atoms with E-state index in [1.807, 2.05) is 36.5 Å². The molecule has 0 aromatic carbocycles. The summed E-state index contributed by atoms with van der Waals surface area (Å²) in [6.07, 6.45) is 88.4. The van der Waals surface area contributed by atoms with E-state index in [9.17, 15) is 43.2 Å². The minimum atomic E-state index is -5.02. The smallest absolute Gasteiger partial charge is 0.462 e. The van der Waals surface area contributed by atoms with Crippen molar-refractivity contribution in [3.05, 3.63) is 158 Å². The van der Waals surface area contributed by atoms with Crippen LogP contribution >= 0.6 is 15.6 Å². The van der Waals surface area contributed by atoms with Crippen molar-refractivity contribution in [2.45, 2.75) is 316 Å². The Balaban J connectivity index is 5.49. The van der Waals surface area contributed by atoms with Crippen LogP contribution in [0, 0.1) is 0 Å². The Hall–Kier alpha value is -5.32. The highest BCUT2D eigenvalue weighted by atomic mass is 31.2. The lowest BCUT2D eigenvalue weighted by molar-refractivity contribution is -0.161. The summed E-state index contributed by atoms with van der Waals surface area (Å²) in [6, 6.07) is 0. The second kappa shape index (κ2) is 75.9. The van der Waals surface area contributed by atoms with Gasteiger partial charge in [-0.05, 0) is 122 Å². The summed E-state index contributed by atoms with van der Waals surface area (Å²) >= 11 is 0. The van der Waals surface area contributed by atoms with E-state index in [0.717, 1.165) is 122 Å². The van der Waals surface area contributed by atoms with E-state index in [4.69, 9.17) is 37.0 Å². The lowest BCUT2D eigenvalue weighted by atomic mass is 10.0. The molecule has 0 aromatic heterocycles. The van der Waals surface area contributed by atoms with E-state index in [1.54, 1.807) is 0 Å². The van der Waals surface area contributed by atoms with Crippen LogP contribution in [0.15, 0.2) is 158 Å². The number of unbranched alkanes of at least 4 members (excludes halogenated alkanes) is 21. The lowest BCUT2D eigenvalue weighted by Crippen LogP contribution is -2.30. The number of hydrogen-bond donors (Lipinski definition) is 3. The number of ether oxygens (including phenoxy) is 4. The molecular formula is C85H140O17P2. The first kappa shape index (κ1) is 98.7. The molecule has 0 rings (SSSR count). The Morgan fingerprint density at radius 2 is 0.529 bits per heavy atom. The molecule has 0 aliphatic heterocycles. The van der Waals surface area contributed by atoms with Gasteiger partial charge in [-0.15, -0.1) is 0 Å². The van der Waals surface area contributed by atoms with Crippen LogP contribution in [0.3, 0.4) is 0 Å². The molecule has 0 aliphatic rings. The molecule has 0 spiro atoms. The number of aliphatic hydroxyl groups excluding tert-OH is 1. The summed E-state index contributed by atoms with van der Waals surface area (Å²) < 4.78 is 68.4. The van der Waals surface area contributed by atoms with Crippen LogP contribution < -0.4 is 0 Å². The zero-order valence-electron chi connectivity index (χ0n) is 64.6. The third-order valence-electron chi connectivity index (χ3n) is 16.0. The summed E-state index contributed by atoms with van der Waals surface area (Å²) in [6.45, 7) is 4.42. The van der Waals surface area contributed by atoms with Gasteiger partial charge in [-0.25, -0.2) is 9.13 Å². The predicted octanol–water partition coefficient (Wildman–Crippen LogP) is 23.2. The van der Waals surface area contributed by atoms with E-state index in [1.165, 1.54) is 83.5 Å². The van der Waals surface area contributed by atoms with Crippen molar-refractivity contribution in [3.63, 3.8) is 0 Å². The topological polar surface area (TPSA) is 237 Å². The summed E-state index contributed by atoms with van der Waals surface area (Å²) in [4.78, 5) is 72.9. The molecular weight excluding hydrogens is 1350 g/mol. The maximum atomic E-state index is 13.1. The van der Waals surface area contributed by atoms with E-state index >= 15 is 0 Å². The molecule has 0 bridgehead atoms. The number of rotatable bonds is 73. The number of carbonyl (C=O) groups is 4. The maximum Gasteiger partial charge on any atom is 0.472 e. The minimum absolute atomic E-state index is 0.0149. The van der Waals surface area contributed by atoms with E-state index in [0.29, 0.717) is 38.5 Å². The normalized spacial score (nSPS) is 14.7. The number of phosphoric acid groups is 2. The Labute approximate surface area is 629 Å². The molecule has 5 unspecified atom stereocenters. The van der Waals surface area contributed by atoms with Gasteiger partial charge < -0.3 is 33.8 Å². The zero-order valence-corrected chi connectivity index (χ0v) is 66.4. The van der Waals surface area contributed by atoms with E-state index < -0.39 is 97.5 Å². The molecule has 0 fully saturated rings. The van der Waals surface area contributed by atoms with Crippen LogP contribution in [-0.4, -0.2) is 96.7 Å². The highest BCUT2D eigenvalue weighted by Crippen LogP contribution is 2.45. The monoisotopic (exact) mass is 1490 g/mol. The summed E-state index contributed by atoms with van der Waals surface area (Å²) in [7, 11) is -10.0. The predicted molar refractivity (Wildman–Crippen MR) is 427 cm³/mol. The third-order valence-corrected chi connectivity index (χ3v) is 17.9. The number of aliphatic hydroxyl groups is 1. The van der Waals surface area contributed by atoms with Gasteiger partial charge in [-0.1, -0.05) is 308 Å². The SMILES string of the molecule is CC/C=C\C/C=C\C/C=C\C/C=C\C/C=C\C/C=C\CCC(=O)OCC(COP(=O)(O)OCC(O)COP(=O)(O)OCC(COC(=O)CCCCCCCCCCCCCCCCC)OC(=O)CCCCCCC/C=C\CCCC)OC(=O)CC/C=C\C/C=C\C/C=C\C/C=C\C/C=C\C/C=C\CC. The van der Waals surface area contributed by atoms with Crippen LogP contribution in [-0.2, 0) is 65.4 Å². The average Bonchev–Trinajstić information content (AvgIpc) is 0.928. The van der Waals surface area contributed by atoms with Gasteiger partial charge >= 0.3 is 39.5 Å². The van der Waals surface area contributed by atoms with Crippen LogP contribution in [0.4, 0.5) is 0 Å². The van der Waals surface area contributed by atoms with Crippen molar-refractivity contribution in [2.24, 2.45) is 0 Å². The van der Waals surface area contributed by atoms with Gasteiger partial charge in [0.2, 0.25) is 0 Å². The fourth-order valence-corrected chi connectivity index (χ4v) is 11.6. The van der Waals surface area contributed by atoms with E-state index in [-0.39, 0.29) is 25.7 Å². The van der Waals surface area contributed by atoms with Crippen LogP contribution in [0.2, 0.25) is 0 Å². The minimum Gasteiger partial charge on any atom is -0.462 e. The number of carbonyl (C=O) groups excluding carboxylic acids is 4. The molecule has 0 radical (unpaired) electrons. The quantitative estimate of drug-likeness (QED) is 0.0169. The fraction of sp³-hybridized carbons (Fsp3) is 0.647. The van der Waals surface area contributed by atoms with Gasteiger partial charge in [0, 0.05) is 25.7 Å². The molecule has 104 heavy (non-hydrogen) atoms. The zero-order chi connectivity index (χ0) is 76.0. The maximum absolute atomic E-state index is 13.1. The Morgan fingerprint density at radius 1 is 0.279 bits per heavy atom. The average molecular weight is 1500 g/mol. The van der Waals surface area contributed by atoms with Crippen molar-refractivity contribution >= 4 is 39.5 Å². The molecule has 0 aromatic rings. The van der Waals surface area contributed by atoms with Gasteiger partial charge in [0.25, 0.3) is 0 Å². The molecule has 0 heterocycles. The Bertz CT molecular complexity index is 2590. The molecule has 3 N–H and O–H groups in total. The van der Waals surface area contributed by atoms with Gasteiger partial charge in [0.1, 0.15) is 19.3 Å². The van der Waals surface area contributed by atoms with Crippen molar-refractivity contribution in [1.29, 1.82) is 0 Å². The molecule has 5 atom stereocenters. The second-order valence-electron chi connectivity index (χ2n) is 25.9. The number of phosphoric ester groups is 2. The summed E-state index contributed by atoms with van der Waals surface area (Å²) in [5, 5.41) is 10.6. The Morgan fingerprint density at radius 3 is 0.875 bits per heavy atom. The van der Waals surface area contributed by atoms with Crippen molar-refractivity contribution < 1.29 is 80.2 Å². The molecule has 0 saturated heterocycles. The molecule has 0 saturated carbocycles. The van der Waals surface area contributed by atoms with Crippen molar-refractivity contribution in [1.82, 2.24) is 0 Å². The first-order valence-corrected chi connectivity index (χ1v) is 42.7. The first-order valence-electron chi connectivity index (χ1n) is 39.7. The number of esters is 4. The van der Waals surface area contributed by atoms with Gasteiger partial charge in [-0.2, -0.15) is 0 Å². The first-order chi connectivity index (χ1) is 50.7. The molecule has 17 nitrogen and oxygen atoms in total. The van der Waals surface area contributed by atoms with Crippen LogP contribution in [0.5, 0.6) is 0 Å². The van der Waals surface area contributed by atoms with E-state index in [2.05, 4.69) is 149 Å². The number of allylic oxidation sites excluding steroid dienone is 26. The van der Waals surface area contributed by atoms with Crippen LogP contribution in [0.1, 0.15) is 297 Å².